The lowest BCUT2D eigenvalue weighted by Crippen LogP contribution is -2.60. The molecule has 1 saturated heterocycles. The monoisotopic (exact) mass is 787 g/mol. The first-order valence-corrected chi connectivity index (χ1v) is 21.0. The van der Waals surface area contributed by atoms with Crippen molar-refractivity contribution in [1.82, 2.24) is 5.32 Å². The number of nitrogens with one attached hydrogen (secondary N) is 1. The van der Waals surface area contributed by atoms with E-state index in [1.807, 2.05) is 54.6 Å². The summed E-state index contributed by atoms with van der Waals surface area (Å²) in [4.78, 5) is 13.0. The van der Waals surface area contributed by atoms with Crippen molar-refractivity contribution in [2.75, 3.05) is 19.8 Å². The van der Waals surface area contributed by atoms with Gasteiger partial charge in [0.05, 0.1) is 43.3 Å². The fourth-order valence-corrected chi connectivity index (χ4v) is 6.69. The van der Waals surface area contributed by atoms with E-state index in [1.54, 1.807) is 0 Å². The smallest absolute Gasteiger partial charge is 0.220 e. The second-order valence-corrected chi connectivity index (χ2v) is 15.0. The summed E-state index contributed by atoms with van der Waals surface area (Å²) >= 11 is 0. The molecule has 7 N–H and O–H groups in total. The van der Waals surface area contributed by atoms with Gasteiger partial charge in [0.25, 0.3) is 0 Å². The van der Waals surface area contributed by atoms with Crippen molar-refractivity contribution in [2.24, 2.45) is 10.2 Å². The number of azo groups is 1. The number of amides is 1. The van der Waals surface area contributed by atoms with E-state index in [9.17, 15) is 35.4 Å². The van der Waals surface area contributed by atoms with Gasteiger partial charge in [-0.25, -0.2) is 0 Å². The molecule has 0 saturated carbocycles. The number of hydrogen-bond acceptors (Lipinski definition) is 12. The highest BCUT2D eigenvalue weighted by Crippen LogP contribution is 2.24. The van der Waals surface area contributed by atoms with Gasteiger partial charge < -0.3 is 50.2 Å². The minimum absolute atomic E-state index is 0.192. The van der Waals surface area contributed by atoms with Gasteiger partial charge in [-0.3, -0.25) is 4.79 Å². The first-order chi connectivity index (χ1) is 27.2. The average Bonchev–Trinajstić information content (AvgIpc) is 3.21. The molecular formula is C43H69N3O10. The van der Waals surface area contributed by atoms with E-state index in [0.29, 0.717) is 19.4 Å². The number of aliphatic hydroxyl groups is 6. The van der Waals surface area contributed by atoms with Gasteiger partial charge in [-0.05, 0) is 55.7 Å². The van der Waals surface area contributed by atoms with Crippen LogP contribution in [-0.4, -0.2) is 105 Å². The third-order valence-corrected chi connectivity index (χ3v) is 10.2. The Morgan fingerprint density at radius 1 is 0.732 bits per heavy atom. The number of aliphatic hydroxyl groups excluding tert-OH is 6. The Labute approximate surface area is 333 Å². The predicted molar refractivity (Wildman–Crippen MR) is 215 cm³/mol. The van der Waals surface area contributed by atoms with Gasteiger partial charge in [-0.15, -0.1) is 0 Å². The average molecular weight is 788 g/mol. The molecule has 1 fully saturated rings. The van der Waals surface area contributed by atoms with Gasteiger partial charge in [0.1, 0.15) is 36.3 Å². The summed E-state index contributed by atoms with van der Waals surface area (Å²) in [5.41, 5.74) is 1.51. The number of hydrogen-bond donors (Lipinski definition) is 7. The molecule has 0 radical (unpaired) electrons. The molecule has 8 atom stereocenters. The summed E-state index contributed by atoms with van der Waals surface area (Å²) in [6, 6.07) is 15.9. The molecule has 1 heterocycles. The van der Waals surface area contributed by atoms with E-state index in [-0.39, 0.29) is 18.9 Å². The van der Waals surface area contributed by atoms with E-state index >= 15 is 0 Å². The molecular weight excluding hydrogens is 718 g/mol. The van der Waals surface area contributed by atoms with Crippen molar-refractivity contribution >= 4 is 17.3 Å². The van der Waals surface area contributed by atoms with Crippen LogP contribution in [0.3, 0.4) is 0 Å². The van der Waals surface area contributed by atoms with Crippen LogP contribution in [0.2, 0.25) is 0 Å². The van der Waals surface area contributed by atoms with Gasteiger partial charge in [0.2, 0.25) is 5.91 Å². The van der Waals surface area contributed by atoms with Crippen LogP contribution in [0.5, 0.6) is 5.75 Å². The highest BCUT2D eigenvalue weighted by molar-refractivity contribution is 5.76. The fourth-order valence-electron chi connectivity index (χ4n) is 6.69. The van der Waals surface area contributed by atoms with Crippen LogP contribution < -0.4 is 10.1 Å². The summed E-state index contributed by atoms with van der Waals surface area (Å²) in [6.45, 7) is 1.79. The Bertz CT molecular complexity index is 1320. The number of unbranched alkanes of at least 4 members (excludes halogenated alkanes) is 14. The van der Waals surface area contributed by atoms with Crippen LogP contribution in [0.4, 0.5) is 11.4 Å². The Morgan fingerprint density at radius 2 is 1.30 bits per heavy atom. The highest BCUT2D eigenvalue weighted by atomic mass is 16.7. The van der Waals surface area contributed by atoms with E-state index in [4.69, 9.17) is 14.2 Å². The van der Waals surface area contributed by atoms with Crippen LogP contribution in [-0.2, 0) is 14.3 Å². The summed E-state index contributed by atoms with van der Waals surface area (Å²) < 4.78 is 17.0. The van der Waals surface area contributed by atoms with Crippen LogP contribution in [0.15, 0.2) is 64.8 Å². The summed E-state index contributed by atoms with van der Waals surface area (Å²) in [6.07, 6.45) is 7.79. The lowest BCUT2D eigenvalue weighted by Gasteiger charge is -2.40. The molecule has 0 bridgehead atoms. The Morgan fingerprint density at radius 3 is 1.93 bits per heavy atom. The first-order valence-electron chi connectivity index (χ1n) is 21.0. The van der Waals surface area contributed by atoms with Crippen LogP contribution in [0, 0.1) is 0 Å². The molecule has 0 unspecified atom stereocenters. The Hall–Kier alpha value is -3.01. The van der Waals surface area contributed by atoms with Crippen molar-refractivity contribution in [3.05, 3.63) is 54.6 Å². The molecule has 3 rings (SSSR count). The molecule has 0 spiro atoms. The molecule has 2 aromatic rings. The van der Waals surface area contributed by atoms with Crippen LogP contribution >= 0.6 is 0 Å². The van der Waals surface area contributed by atoms with E-state index in [2.05, 4.69) is 22.5 Å². The zero-order valence-corrected chi connectivity index (χ0v) is 33.4. The SMILES string of the molecule is CCCCCCCCCCCCCC[C@@H](O)[C@@H](O)[C@H](CO[C@H]1O[C@H](CO)[C@H](O)[C@H](O)[C@H]1O)NC(=O)CCCCCCOc1ccc(N=Nc2ccccc2)cc1. The van der Waals surface area contributed by atoms with Crippen molar-refractivity contribution in [3.63, 3.8) is 0 Å². The topological polar surface area (TPSA) is 203 Å². The maximum absolute atomic E-state index is 13.0. The van der Waals surface area contributed by atoms with Gasteiger partial charge in [0, 0.05) is 6.42 Å². The van der Waals surface area contributed by atoms with E-state index in [0.717, 1.165) is 62.1 Å². The van der Waals surface area contributed by atoms with Crippen molar-refractivity contribution < 1.29 is 49.6 Å². The summed E-state index contributed by atoms with van der Waals surface area (Å²) in [5, 5.41) is 73.5. The van der Waals surface area contributed by atoms with Crippen LogP contribution in [0.1, 0.15) is 122 Å². The molecule has 0 aliphatic carbocycles. The number of carbonyl (C=O) groups is 1. The third kappa shape index (κ3) is 18.5. The zero-order valence-electron chi connectivity index (χ0n) is 33.4. The van der Waals surface area contributed by atoms with Gasteiger partial charge in [-0.1, -0.05) is 115 Å². The maximum atomic E-state index is 13.0. The van der Waals surface area contributed by atoms with Crippen LogP contribution in [0.25, 0.3) is 0 Å². The lowest BCUT2D eigenvalue weighted by atomic mass is 9.98. The third-order valence-electron chi connectivity index (χ3n) is 10.2. The molecule has 1 aliphatic rings. The van der Waals surface area contributed by atoms with Gasteiger partial charge in [0.15, 0.2) is 6.29 Å². The van der Waals surface area contributed by atoms with Crippen molar-refractivity contribution in [3.8, 4) is 5.75 Å². The van der Waals surface area contributed by atoms with Gasteiger partial charge >= 0.3 is 0 Å². The zero-order chi connectivity index (χ0) is 40.4. The number of benzene rings is 2. The summed E-state index contributed by atoms with van der Waals surface area (Å²) in [7, 11) is 0. The summed E-state index contributed by atoms with van der Waals surface area (Å²) in [5.74, 6) is 0.407. The second kappa shape index (κ2) is 28.4. The Balaban J connectivity index is 1.38. The number of rotatable bonds is 30. The highest BCUT2D eigenvalue weighted by Gasteiger charge is 2.44. The predicted octanol–water partition coefficient (Wildman–Crippen LogP) is 6.55. The molecule has 1 aliphatic heterocycles. The quantitative estimate of drug-likeness (QED) is 0.0336. The van der Waals surface area contributed by atoms with Crippen molar-refractivity contribution in [1.29, 1.82) is 0 Å². The van der Waals surface area contributed by atoms with E-state index in [1.165, 1.54) is 51.4 Å². The molecule has 316 valence electrons. The minimum atomic E-state index is -1.63. The largest absolute Gasteiger partial charge is 0.494 e. The van der Waals surface area contributed by atoms with E-state index < -0.39 is 55.6 Å². The van der Waals surface area contributed by atoms with Gasteiger partial charge in [-0.2, -0.15) is 10.2 Å². The molecule has 1 amide bonds. The molecule has 0 aromatic heterocycles. The minimum Gasteiger partial charge on any atom is -0.494 e. The molecule has 13 nitrogen and oxygen atoms in total. The molecule has 56 heavy (non-hydrogen) atoms. The number of carbonyl (C=O) groups excluding carboxylic acids is 1. The maximum Gasteiger partial charge on any atom is 0.220 e. The number of nitrogens with zero attached hydrogens (tertiary/aromatic N) is 2. The number of ether oxygens (including phenoxy) is 3. The first kappa shape index (κ1) is 47.4. The molecule has 13 heteroatoms. The standard InChI is InChI=1S/C43H69N3O10/c1-2-3-4-5-6-7-8-9-10-11-12-18-23-36(48)39(50)35(31-55-43-42(53)41(52)40(51)37(30-47)56-43)44-38(49)24-19-13-14-20-29-54-34-27-25-33(26-28-34)46-45-32-21-16-15-17-22-32/h15-17,21-22,25-28,35-37,39-43,47-48,50-53H,2-14,18-20,23-24,29-31H2,1H3,(H,44,49)/t35-,36+,37+,39-,40-,41-,42+,43-/m0/s1. The van der Waals surface area contributed by atoms with Crippen molar-refractivity contribution in [2.45, 2.75) is 171 Å². The Kier molecular flexibility index (Phi) is 24.0. The molecule has 2 aromatic carbocycles. The normalized spacial score (nSPS) is 21.5. The lowest BCUT2D eigenvalue weighted by molar-refractivity contribution is -0.303. The second-order valence-electron chi connectivity index (χ2n) is 15.0. The fraction of sp³-hybridized carbons (Fsp3) is 0.698.